The van der Waals surface area contributed by atoms with Crippen LogP contribution < -0.4 is 15.4 Å². The zero-order valence-corrected chi connectivity index (χ0v) is 14.5. The number of guanidine groups is 1. The molecule has 23 heavy (non-hydrogen) atoms. The van der Waals surface area contributed by atoms with Crippen LogP contribution in [0.5, 0.6) is 5.75 Å². The Labute approximate surface area is 139 Å². The van der Waals surface area contributed by atoms with Crippen molar-refractivity contribution in [3.63, 3.8) is 0 Å². The zero-order chi connectivity index (χ0) is 16.7. The molecule has 128 valence electrons. The molecule has 3 N–H and O–H groups in total. The van der Waals surface area contributed by atoms with E-state index in [0.29, 0.717) is 13.2 Å². The third-order valence-corrected chi connectivity index (χ3v) is 4.20. The normalized spacial score (nSPS) is 16.1. The van der Waals surface area contributed by atoms with Crippen LogP contribution in [0.2, 0.25) is 0 Å². The van der Waals surface area contributed by atoms with Gasteiger partial charge in [0.15, 0.2) is 5.96 Å². The van der Waals surface area contributed by atoms with Crippen LogP contribution in [0, 0.1) is 12.3 Å². The Hall–Kier alpha value is -1.75. The van der Waals surface area contributed by atoms with E-state index in [1.54, 1.807) is 0 Å². The van der Waals surface area contributed by atoms with E-state index in [1.165, 1.54) is 5.56 Å². The number of benzene rings is 1. The molecule has 0 spiro atoms. The Balaban J connectivity index is 2.02. The second-order valence-electron chi connectivity index (χ2n) is 6.25. The fraction of sp³-hybridized carbons (Fsp3) is 0.611. The third-order valence-electron chi connectivity index (χ3n) is 4.20. The highest BCUT2D eigenvalue weighted by molar-refractivity contribution is 5.79. The molecule has 1 saturated carbocycles. The van der Waals surface area contributed by atoms with Gasteiger partial charge < -0.3 is 20.5 Å². The zero-order valence-electron chi connectivity index (χ0n) is 14.5. The number of ether oxygens (including phenoxy) is 1. The van der Waals surface area contributed by atoms with Crippen LogP contribution in [-0.4, -0.2) is 37.4 Å². The molecular weight excluding hydrogens is 290 g/mol. The smallest absolute Gasteiger partial charge is 0.191 e. The summed E-state index contributed by atoms with van der Waals surface area (Å²) in [6.07, 6.45) is 2.17. The van der Waals surface area contributed by atoms with E-state index >= 15 is 0 Å². The van der Waals surface area contributed by atoms with Crippen molar-refractivity contribution in [2.24, 2.45) is 10.4 Å². The van der Waals surface area contributed by atoms with Gasteiger partial charge in [0, 0.05) is 24.1 Å². The lowest BCUT2D eigenvalue weighted by Crippen LogP contribution is -2.41. The lowest BCUT2D eigenvalue weighted by molar-refractivity contribution is 0.212. The fourth-order valence-electron chi connectivity index (χ4n) is 2.43. The quantitative estimate of drug-likeness (QED) is 0.508. The predicted molar refractivity (Wildman–Crippen MR) is 93.9 cm³/mol. The average Bonchev–Trinajstić information content (AvgIpc) is 3.32. The van der Waals surface area contributed by atoms with Crippen molar-refractivity contribution < 1.29 is 9.84 Å². The van der Waals surface area contributed by atoms with Gasteiger partial charge in [-0.2, -0.15) is 0 Å². The molecule has 0 bridgehead atoms. The number of aryl methyl sites for hydroxylation is 1. The molecule has 0 saturated heterocycles. The first kappa shape index (κ1) is 17.6. The maximum atomic E-state index is 9.41. The molecule has 1 fully saturated rings. The fourth-order valence-corrected chi connectivity index (χ4v) is 2.43. The number of hydrogen-bond acceptors (Lipinski definition) is 3. The number of nitrogens with zero attached hydrogens (tertiary/aromatic N) is 1. The molecule has 0 aromatic heterocycles. The molecule has 0 heterocycles. The number of aliphatic hydroxyl groups excluding tert-OH is 1. The minimum absolute atomic E-state index is 0.0660. The Morgan fingerprint density at radius 1 is 1.30 bits per heavy atom. The Morgan fingerprint density at radius 2 is 2.09 bits per heavy atom. The molecule has 0 radical (unpaired) electrons. The molecule has 2 rings (SSSR count). The van der Waals surface area contributed by atoms with Crippen molar-refractivity contribution in [3.8, 4) is 5.75 Å². The minimum Gasteiger partial charge on any atom is -0.494 e. The number of aliphatic imine (C=N–C) groups is 1. The van der Waals surface area contributed by atoms with E-state index in [4.69, 9.17) is 4.74 Å². The summed E-state index contributed by atoms with van der Waals surface area (Å²) in [5.74, 6) is 1.69. The monoisotopic (exact) mass is 319 g/mol. The maximum Gasteiger partial charge on any atom is 0.191 e. The number of hydrogen-bond donors (Lipinski definition) is 3. The first-order chi connectivity index (χ1) is 11.1. The van der Waals surface area contributed by atoms with Crippen molar-refractivity contribution in [3.05, 3.63) is 29.3 Å². The predicted octanol–water partition coefficient (Wildman–Crippen LogP) is 2.22. The van der Waals surface area contributed by atoms with E-state index in [1.807, 2.05) is 13.8 Å². The second-order valence-corrected chi connectivity index (χ2v) is 6.25. The molecule has 0 atom stereocenters. The van der Waals surface area contributed by atoms with Crippen molar-refractivity contribution in [2.75, 3.05) is 26.3 Å². The van der Waals surface area contributed by atoms with Crippen LogP contribution in [0.25, 0.3) is 0 Å². The van der Waals surface area contributed by atoms with Crippen LogP contribution >= 0.6 is 0 Å². The molecule has 0 aliphatic heterocycles. The largest absolute Gasteiger partial charge is 0.494 e. The lowest BCUT2D eigenvalue weighted by atomic mass is 10.1. The van der Waals surface area contributed by atoms with Gasteiger partial charge in [0.1, 0.15) is 5.75 Å². The summed E-state index contributed by atoms with van der Waals surface area (Å²) in [6, 6.07) is 6.21. The van der Waals surface area contributed by atoms with Crippen molar-refractivity contribution in [2.45, 2.75) is 40.2 Å². The van der Waals surface area contributed by atoms with Gasteiger partial charge in [-0.25, -0.2) is 4.99 Å². The van der Waals surface area contributed by atoms with Gasteiger partial charge in [-0.1, -0.05) is 12.1 Å². The van der Waals surface area contributed by atoms with Gasteiger partial charge >= 0.3 is 0 Å². The van der Waals surface area contributed by atoms with Gasteiger partial charge in [0.05, 0.1) is 19.8 Å². The highest BCUT2D eigenvalue weighted by atomic mass is 16.5. The Kier molecular flexibility index (Phi) is 6.28. The van der Waals surface area contributed by atoms with Gasteiger partial charge in [-0.3, -0.25) is 0 Å². The summed E-state index contributed by atoms with van der Waals surface area (Å²) in [6.45, 7) is 9.13. The topological polar surface area (TPSA) is 65.9 Å². The Bertz CT molecular complexity index is 539. The molecule has 1 aliphatic rings. The van der Waals surface area contributed by atoms with E-state index < -0.39 is 0 Å². The molecule has 1 aromatic carbocycles. The van der Waals surface area contributed by atoms with Crippen LogP contribution in [0.15, 0.2) is 23.2 Å². The summed E-state index contributed by atoms with van der Waals surface area (Å²) in [5.41, 5.74) is 2.33. The molecular formula is C18H29N3O2. The van der Waals surface area contributed by atoms with Gasteiger partial charge in [0.2, 0.25) is 0 Å². The highest BCUT2D eigenvalue weighted by Gasteiger charge is 2.41. The van der Waals surface area contributed by atoms with Crippen LogP contribution in [0.4, 0.5) is 0 Å². The van der Waals surface area contributed by atoms with Gasteiger partial charge in [-0.15, -0.1) is 0 Å². The van der Waals surface area contributed by atoms with E-state index in [0.717, 1.165) is 43.2 Å². The van der Waals surface area contributed by atoms with Crippen LogP contribution in [-0.2, 0) is 6.54 Å². The van der Waals surface area contributed by atoms with E-state index in [2.05, 4.69) is 40.7 Å². The second kappa shape index (κ2) is 8.20. The summed E-state index contributed by atoms with van der Waals surface area (Å²) in [5, 5.41) is 16.0. The van der Waals surface area contributed by atoms with Gasteiger partial charge in [0.25, 0.3) is 0 Å². The summed E-state index contributed by atoms with van der Waals surface area (Å²) >= 11 is 0. The van der Waals surface area contributed by atoms with Crippen molar-refractivity contribution >= 4 is 5.96 Å². The minimum atomic E-state index is 0.0660. The first-order valence-electron chi connectivity index (χ1n) is 8.48. The van der Waals surface area contributed by atoms with Crippen LogP contribution in [0.3, 0.4) is 0 Å². The van der Waals surface area contributed by atoms with Gasteiger partial charge in [-0.05, 0) is 45.2 Å². The van der Waals surface area contributed by atoms with Crippen molar-refractivity contribution in [1.29, 1.82) is 0 Å². The summed E-state index contributed by atoms with van der Waals surface area (Å²) in [4.78, 5) is 4.65. The number of aliphatic hydroxyl groups is 1. The Morgan fingerprint density at radius 3 is 2.70 bits per heavy atom. The SMILES string of the molecule is CCNC(=NCc1ccc(C)cc1OCC)NCC1(CO)CC1. The lowest BCUT2D eigenvalue weighted by Gasteiger charge is -2.16. The molecule has 1 aromatic rings. The molecule has 0 amide bonds. The van der Waals surface area contributed by atoms with E-state index in [-0.39, 0.29) is 12.0 Å². The first-order valence-corrected chi connectivity index (χ1v) is 8.48. The highest BCUT2D eigenvalue weighted by Crippen LogP contribution is 2.44. The summed E-state index contributed by atoms with van der Waals surface area (Å²) in [7, 11) is 0. The average molecular weight is 319 g/mol. The number of nitrogens with one attached hydrogen (secondary N) is 2. The van der Waals surface area contributed by atoms with Crippen molar-refractivity contribution in [1.82, 2.24) is 10.6 Å². The summed E-state index contributed by atoms with van der Waals surface area (Å²) < 4.78 is 5.71. The maximum absolute atomic E-state index is 9.41. The standard InChI is InChI=1S/C18H29N3O2/c1-4-19-17(21-12-18(13-22)8-9-18)20-11-15-7-6-14(3)10-16(15)23-5-2/h6-7,10,22H,4-5,8-9,11-13H2,1-3H3,(H2,19,20,21). The molecule has 5 nitrogen and oxygen atoms in total. The molecule has 5 heteroatoms. The third kappa shape index (κ3) is 5.13. The number of rotatable bonds is 8. The molecule has 0 unspecified atom stereocenters. The van der Waals surface area contributed by atoms with Crippen LogP contribution in [0.1, 0.15) is 37.8 Å². The molecule has 1 aliphatic carbocycles. The van der Waals surface area contributed by atoms with E-state index in [9.17, 15) is 5.11 Å².